The lowest BCUT2D eigenvalue weighted by atomic mass is 9.99. The van der Waals surface area contributed by atoms with Crippen molar-refractivity contribution in [2.45, 2.75) is 51.4 Å². The van der Waals surface area contributed by atoms with Crippen LogP contribution in [0, 0.1) is 5.92 Å². The number of aliphatic hydroxyl groups is 1. The van der Waals surface area contributed by atoms with Gasteiger partial charge in [-0.15, -0.1) is 24.8 Å². The Labute approximate surface area is 168 Å². The highest BCUT2D eigenvalue weighted by atomic mass is 35.5. The van der Waals surface area contributed by atoms with Crippen molar-refractivity contribution in [1.82, 2.24) is 15.5 Å². The second-order valence-corrected chi connectivity index (χ2v) is 7.37. The van der Waals surface area contributed by atoms with E-state index in [-0.39, 0.29) is 36.8 Å². The molecule has 2 aliphatic heterocycles. The number of nitrogens with zero attached hydrogens (tertiary/aromatic N) is 1. The predicted molar refractivity (Wildman–Crippen MR) is 109 cm³/mol. The Morgan fingerprint density at radius 3 is 2.58 bits per heavy atom. The number of aliphatic hydroxyl groups excluding tert-OH is 1. The number of hydrogen-bond donors (Lipinski definition) is 3. The molecule has 2 heterocycles. The molecule has 1 aromatic carbocycles. The molecule has 148 valence electrons. The van der Waals surface area contributed by atoms with Gasteiger partial charge in [0, 0.05) is 26.2 Å². The first-order valence-electron chi connectivity index (χ1n) is 9.09. The van der Waals surface area contributed by atoms with Crippen molar-refractivity contribution in [2.24, 2.45) is 5.92 Å². The van der Waals surface area contributed by atoms with Gasteiger partial charge in [-0.05, 0) is 42.9 Å². The van der Waals surface area contributed by atoms with E-state index < -0.39 is 6.10 Å². The third-order valence-corrected chi connectivity index (χ3v) is 5.06. The average molecular weight is 404 g/mol. The molecule has 0 aliphatic carbocycles. The van der Waals surface area contributed by atoms with Crippen LogP contribution in [-0.2, 0) is 17.9 Å². The second-order valence-electron chi connectivity index (χ2n) is 7.37. The first-order chi connectivity index (χ1) is 11.6. The summed E-state index contributed by atoms with van der Waals surface area (Å²) in [7, 11) is 0. The van der Waals surface area contributed by atoms with Crippen LogP contribution < -0.4 is 10.6 Å². The van der Waals surface area contributed by atoms with Gasteiger partial charge < -0.3 is 15.7 Å². The van der Waals surface area contributed by atoms with Crippen LogP contribution in [0.5, 0.6) is 0 Å². The monoisotopic (exact) mass is 403 g/mol. The zero-order chi connectivity index (χ0) is 16.9. The van der Waals surface area contributed by atoms with E-state index in [1.807, 2.05) is 0 Å². The summed E-state index contributed by atoms with van der Waals surface area (Å²) in [6.45, 7) is 6.77. The minimum atomic E-state index is -0.405. The molecule has 3 N–H and O–H groups in total. The summed E-state index contributed by atoms with van der Waals surface area (Å²) < 4.78 is 0. The first kappa shape index (κ1) is 23.2. The van der Waals surface area contributed by atoms with E-state index in [0.29, 0.717) is 19.5 Å². The highest BCUT2D eigenvalue weighted by Gasteiger charge is 2.27. The first-order valence-corrected chi connectivity index (χ1v) is 9.09. The zero-order valence-electron chi connectivity index (χ0n) is 15.3. The lowest BCUT2D eigenvalue weighted by Gasteiger charge is -2.30. The molecular formula is C19H31Cl2N3O2. The Morgan fingerprint density at radius 2 is 1.96 bits per heavy atom. The molecule has 0 radical (unpaired) electrons. The standard InChI is InChI=1S/C19H29N3O2.2ClH/c1-14-3-2-8-22(12-14)13-16-6-4-15(5-7-16)10-21-19(24)18-9-17(23)11-20-18;;/h4-7,14,17-18,20,23H,2-3,8-13H2,1H3,(H,21,24);2*1H. The smallest absolute Gasteiger partial charge is 0.237 e. The van der Waals surface area contributed by atoms with Gasteiger partial charge in [-0.25, -0.2) is 0 Å². The Bertz CT molecular complexity index is 556. The van der Waals surface area contributed by atoms with Crippen LogP contribution >= 0.6 is 24.8 Å². The number of benzene rings is 1. The minimum absolute atomic E-state index is 0. The molecule has 1 amide bonds. The molecular weight excluding hydrogens is 373 g/mol. The summed E-state index contributed by atoms with van der Waals surface area (Å²) in [6.07, 6.45) is 2.74. The molecule has 3 atom stereocenters. The number of nitrogens with one attached hydrogen (secondary N) is 2. The number of rotatable bonds is 5. The molecule has 26 heavy (non-hydrogen) atoms. The molecule has 5 nitrogen and oxygen atoms in total. The Kier molecular flexibility index (Phi) is 9.90. The molecule has 2 aliphatic rings. The van der Waals surface area contributed by atoms with Crippen LogP contribution in [0.4, 0.5) is 0 Å². The van der Waals surface area contributed by atoms with Gasteiger partial charge >= 0.3 is 0 Å². The number of halogens is 2. The molecule has 7 heteroatoms. The van der Waals surface area contributed by atoms with E-state index in [1.54, 1.807) is 0 Å². The maximum Gasteiger partial charge on any atom is 0.237 e. The van der Waals surface area contributed by atoms with Crippen LogP contribution in [0.15, 0.2) is 24.3 Å². The largest absolute Gasteiger partial charge is 0.392 e. The summed E-state index contributed by atoms with van der Waals surface area (Å²) in [5.74, 6) is 0.772. The van der Waals surface area contributed by atoms with Gasteiger partial charge in [-0.2, -0.15) is 0 Å². The SMILES string of the molecule is CC1CCCN(Cc2ccc(CNC(=O)C3CC(O)CN3)cc2)C1.Cl.Cl. The number of carbonyl (C=O) groups is 1. The number of hydrogen-bond acceptors (Lipinski definition) is 4. The van der Waals surface area contributed by atoms with Crippen LogP contribution in [0.25, 0.3) is 0 Å². The van der Waals surface area contributed by atoms with Crippen molar-refractivity contribution >= 4 is 30.7 Å². The fraction of sp³-hybridized carbons (Fsp3) is 0.632. The van der Waals surface area contributed by atoms with Crippen LogP contribution in [0.3, 0.4) is 0 Å². The summed E-state index contributed by atoms with van der Waals surface area (Å²) in [4.78, 5) is 14.6. The topological polar surface area (TPSA) is 64.6 Å². The quantitative estimate of drug-likeness (QED) is 0.704. The van der Waals surface area contributed by atoms with Gasteiger partial charge in [0.2, 0.25) is 5.91 Å². The second kappa shape index (κ2) is 11.1. The predicted octanol–water partition coefficient (Wildman–Crippen LogP) is 2.10. The summed E-state index contributed by atoms with van der Waals surface area (Å²) in [5.41, 5.74) is 2.44. The third-order valence-electron chi connectivity index (χ3n) is 5.06. The third kappa shape index (κ3) is 6.71. The van der Waals surface area contributed by atoms with E-state index in [2.05, 4.69) is 46.7 Å². The Morgan fingerprint density at radius 1 is 1.27 bits per heavy atom. The van der Waals surface area contributed by atoms with Crippen molar-refractivity contribution in [3.8, 4) is 0 Å². The normalized spacial score (nSPS) is 25.8. The van der Waals surface area contributed by atoms with Crippen molar-refractivity contribution in [3.05, 3.63) is 35.4 Å². The summed E-state index contributed by atoms with van der Waals surface area (Å²) in [6, 6.07) is 8.26. The lowest BCUT2D eigenvalue weighted by Crippen LogP contribution is -2.40. The fourth-order valence-electron chi connectivity index (χ4n) is 3.68. The molecule has 0 aromatic heterocycles. The van der Waals surface area contributed by atoms with Crippen molar-refractivity contribution < 1.29 is 9.90 Å². The van der Waals surface area contributed by atoms with Gasteiger partial charge in [-0.3, -0.25) is 9.69 Å². The van der Waals surface area contributed by atoms with E-state index in [0.717, 1.165) is 18.0 Å². The number of β-amino-alcohol motifs (C(OH)–C–C–N with tert-alkyl or cyclic N) is 1. The van der Waals surface area contributed by atoms with Gasteiger partial charge in [0.15, 0.2) is 0 Å². The van der Waals surface area contributed by atoms with Crippen molar-refractivity contribution in [2.75, 3.05) is 19.6 Å². The van der Waals surface area contributed by atoms with Crippen LogP contribution in [-0.4, -0.2) is 47.7 Å². The fourth-order valence-corrected chi connectivity index (χ4v) is 3.68. The molecule has 1 aromatic rings. The Hall–Kier alpha value is -0.850. The molecule has 3 rings (SSSR count). The number of carbonyl (C=O) groups excluding carboxylic acids is 1. The summed E-state index contributed by atoms with van der Waals surface area (Å²) >= 11 is 0. The number of likely N-dealkylation sites (tertiary alicyclic amines) is 1. The molecule has 0 saturated carbocycles. The van der Waals surface area contributed by atoms with Gasteiger partial charge in [0.05, 0.1) is 12.1 Å². The van der Waals surface area contributed by atoms with Crippen LogP contribution in [0.1, 0.15) is 37.3 Å². The van der Waals surface area contributed by atoms with Crippen molar-refractivity contribution in [1.29, 1.82) is 0 Å². The molecule has 2 saturated heterocycles. The Balaban J connectivity index is 0.00000169. The van der Waals surface area contributed by atoms with Crippen LogP contribution in [0.2, 0.25) is 0 Å². The highest BCUT2D eigenvalue weighted by molar-refractivity contribution is 5.85. The maximum atomic E-state index is 12.0. The van der Waals surface area contributed by atoms with Crippen molar-refractivity contribution in [3.63, 3.8) is 0 Å². The highest BCUT2D eigenvalue weighted by Crippen LogP contribution is 2.18. The molecule has 3 unspecified atom stereocenters. The number of amides is 1. The van der Waals surface area contributed by atoms with Gasteiger partial charge in [0.1, 0.15) is 0 Å². The number of piperidine rings is 1. The summed E-state index contributed by atoms with van der Waals surface area (Å²) in [5, 5.41) is 15.4. The van der Waals surface area contributed by atoms with E-state index in [9.17, 15) is 9.90 Å². The van der Waals surface area contributed by atoms with E-state index >= 15 is 0 Å². The lowest BCUT2D eigenvalue weighted by molar-refractivity contribution is -0.123. The van der Waals surface area contributed by atoms with E-state index in [4.69, 9.17) is 0 Å². The van der Waals surface area contributed by atoms with Gasteiger partial charge in [0.25, 0.3) is 0 Å². The zero-order valence-corrected chi connectivity index (χ0v) is 17.0. The molecule has 0 bridgehead atoms. The molecule has 0 spiro atoms. The minimum Gasteiger partial charge on any atom is -0.392 e. The van der Waals surface area contributed by atoms with E-state index in [1.165, 1.54) is 31.5 Å². The maximum absolute atomic E-state index is 12.0. The molecule has 2 fully saturated rings. The average Bonchev–Trinajstić information content (AvgIpc) is 3.01. The van der Waals surface area contributed by atoms with Gasteiger partial charge in [-0.1, -0.05) is 31.2 Å².